The average molecular weight is 269 g/mol. The quantitative estimate of drug-likeness (QED) is 0.861. The lowest BCUT2D eigenvalue weighted by Crippen LogP contribution is -2.40. The van der Waals surface area contributed by atoms with Gasteiger partial charge in [0.15, 0.2) is 0 Å². The number of hydrogen-bond acceptors (Lipinski definition) is 2. The predicted molar refractivity (Wildman–Crippen MR) is 84.1 cm³/mol. The highest BCUT2D eigenvalue weighted by Crippen LogP contribution is 2.17. The summed E-state index contributed by atoms with van der Waals surface area (Å²) in [6.45, 7) is 5.37. The van der Waals surface area contributed by atoms with Crippen LogP contribution in [0.3, 0.4) is 0 Å². The van der Waals surface area contributed by atoms with Crippen LogP contribution in [0, 0.1) is 0 Å². The highest BCUT2D eigenvalue weighted by Gasteiger charge is 2.17. The monoisotopic (exact) mass is 269 g/mol. The molecule has 0 fully saturated rings. The average Bonchev–Trinajstić information content (AvgIpc) is 2.47. The summed E-state index contributed by atoms with van der Waals surface area (Å²) in [5.74, 6) is 0.906. The van der Waals surface area contributed by atoms with E-state index in [9.17, 15) is 0 Å². The van der Waals surface area contributed by atoms with Gasteiger partial charge in [-0.25, -0.2) is 0 Å². The van der Waals surface area contributed by atoms with E-state index in [2.05, 4.69) is 55.6 Å². The van der Waals surface area contributed by atoms with Gasteiger partial charge in [-0.1, -0.05) is 42.5 Å². The fourth-order valence-corrected chi connectivity index (χ4v) is 2.25. The van der Waals surface area contributed by atoms with Crippen molar-refractivity contribution in [2.24, 2.45) is 0 Å². The first kappa shape index (κ1) is 14.6. The molecule has 106 valence electrons. The fraction of sp³-hybridized carbons (Fsp3) is 0.333. The molecule has 2 aromatic carbocycles. The van der Waals surface area contributed by atoms with Crippen molar-refractivity contribution in [3.05, 3.63) is 65.7 Å². The Morgan fingerprint density at radius 1 is 0.900 bits per heavy atom. The molecule has 0 amide bonds. The van der Waals surface area contributed by atoms with Gasteiger partial charge in [0, 0.05) is 12.1 Å². The van der Waals surface area contributed by atoms with Gasteiger partial charge < -0.3 is 10.1 Å². The summed E-state index contributed by atoms with van der Waals surface area (Å²) in [6.07, 6.45) is 0.990. The van der Waals surface area contributed by atoms with Gasteiger partial charge in [0.2, 0.25) is 0 Å². The summed E-state index contributed by atoms with van der Waals surface area (Å²) in [5, 5.41) is 3.62. The van der Waals surface area contributed by atoms with Crippen LogP contribution in [0.25, 0.3) is 0 Å². The molecule has 0 aliphatic heterocycles. The maximum atomic E-state index is 5.19. The molecular weight excluding hydrogens is 246 g/mol. The second kappa shape index (κ2) is 6.58. The van der Waals surface area contributed by atoms with Crippen LogP contribution in [0.15, 0.2) is 54.6 Å². The highest BCUT2D eigenvalue weighted by molar-refractivity contribution is 5.28. The van der Waals surface area contributed by atoms with Crippen molar-refractivity contribution in [3.8, 4) is 5.75 Å². The largest absolute Gasteiger partial charge is 0.497 e. The third-order valence-corrected chi connectivity index (χ3v) is 3.42. The lowest BCUT2D eigenvalue weighted by atomic mass is 9.94. The van der Waals surface area contributed by atoms with E-state index in [1.54, 1.807) is 7.11 Å². The van der Waals surface area contributed by atoms with E-state index in [-0.39, 0.29) is 5.54 Å². The van der Waals surface area contributed by atoms with E-state index in [0.29, 0.717) is 0 Å². The molecule has 0 saturated carbocycles. The lowest BCUT2D eigenvalue weighted by molar-refractivity contribution is 0.383. The van der Waals surface area contributed by atoms with Crippen molar-refractivity contribution >= 4 is 0 Å². The third-order valence-electron chi connectivity index (χ3n) is 3.42. The second-order valence-electron chi connectivity index (χ2n) is 5.75. The molecule has 0 unspecified atom stereocenters. The maximum absolute atomic E-state index is 5.19. The standard InChI is InChI=1S/C18H23NO/c1-18(2,19-14-16-7-5-4-6-8-16)13-15-9-11-17(20-3)12-10-15/h4-12,19H,13-14H2,1-3H3. The van der Waals surface area contributed by atoms with E-state index in [1.807, 2.05) is 18.2 Å². The van der Waals surface area contributed by atoms with Gasteiger partial charge in [0.05, 0.1) is 7.11 Å². The van der Waals surface area contributed by atoms with Crippen molar-refractivity contribution in [2.75, 3.05) is 7.11 Å². The molecule has 0 radical (unpaired) electrons. The summed E-state index contributed by atoms with van der Waals surface area (Å²) in [4.78, 5) is 0. The SMILES string of the molecule is COc1ccc(CC(C)(C)NCc2ccccc2)cc1. The lowest BCUT2D eigenvalue weighted by Gasteiger charge is -2.27. The molecule has 0 heterocycles. The Morgan fingerprint density at radius 3 is 2.15 bits per heavy atom. The zero-order chi connectivity index (χ0) is 14.4. The van der Waals surface area contributed by atoms with Crippen LogP contribution in [0.2, 0.25) is 0 Å². The van der Waals surface area contributed by atoms with Gasteiger partial charge in [-0.3, -0.25) is 0 Å². The summed E-state index contributed by atoms with van der Waals surface area (Å²) >= 11 is 0. The fourth-order valence-electron chi connectivity index (χ4n) is 2.25. The zero-order valence-electron chi connectivity index (χ0n) is 12.5. The van der Waals surface area contributed by atoms with E-state index in [4.69, 9.17) is 4.74 Å². The van der Waals surface area contributed by atoms with Crippen LogP contribution in [0.5, 0.6) is 5.75 Å². The molecule has 0 bridgehead atoms. The van der Waals surface area contributed by atoms with Crippen LogP contribution in [-0.2, 0) is 13.0 Å². The number of ether oxygens (including phenoxy) is 1. The normalized spacial score (nSPS) is 11.3. The Labute approximate surface area is 121 Å². The van der Waals surface area contributed by atoms with Crippen LogP contribution in [-0.4, -0.2) is 12.6 Å². The van der Waals surface area contributed by atoms with Crippen molar-refractivity contribution in [1.82, 2.24) is 5.32 Å². The summed E-state index contributed by atoms with van der Waals surface area (Å²) in [6, 6.07) is 18.8. The molecule has 0 atom stereocenters. The molecule has 0 aliphatic rings. The molecule has 20 heavy (non-hydrogen) atoms. The number of nitrogens with one attached hydrogen (secondary N) is 1. The van der Waals surface area contributed by atoms with Gasteiger partial charge in [-0.05, 0) is 43.5 Å². The number of hydrogen-bond donors (Lipinski definition) is 1. The Balaban J connectivity index is 1.92. The van der Waals surface area contributed by atoms with Gasteiger partial charge in [0.25, 0.3) is 0 Å². The molecule has 2 rings (SSSR count). The van der Waals surface area contributed by atoms with E-state index in [1.165, 1.54) is 11.1 Å². The van der Waals surface area contributed by atoms with Crippen molar-refractivity contribution in [2.45, 2.75) is 32.4 Å². The predicted octanol–water partition coefficient (Wildman–Crippen LogP) is 3.81. The number of benzene rings is 2. The molecule has 0 spiro atoms. The van der Waals surface area contributed by atoms with E-state index in [0.717, 1.165) is 18.7 Å². The molecule has 0 aliphatic carbocycles. The van der Waals surface area contributed by atoms with Crippen LogP contribution in [0.1, 0.15) is 25.0 Å². The first-order valence-electron chi connectivity index (χ1n) is 7.01. The Bertz CT molecular complexity index is 517. The van der Waals surface area contributed by atoms with Crippen LogP contribution in [0.4, 0.5) is 0 Å². The Hall–Kier alpha value is -1.80. The molecular formula is C18H23NO. The van der Waals surface area contributed by atoms with Crippen LogP contribution >= 0.6 is 0 Å². The molecule has 0 saturated heterocycles. The topological polar surface area (TPSA) is 21.3 Å². The van der Waals surface area contributed by atoms with Gasteiger partial charge >= 0.3 is 0 Å². The minimum Gasteiger partial charge on any atom is -0.497 e. The number of methoxy groups -OCH3 is 1. The zero-order valence-corrected chi connectivity index (χ0v) is 12.5. The first-order chi connectivity index (χ1) is 9.59. The summed E-state index contributed by atoms with van der Waals surface area (Å²) in [5.41, 5.74) is 2.69. The minimum absolute atomic E-state index is 0.0600. The van der Waals surface area contributed by atoms with Crippen molar-refractivity contribution < 1.29 is 4.74 Å². The molecule has 2 heteroatoms. The number of rotatable bonds is 6. The maximum Gasteiger partial charge on any atom is 0.118 e. The van der Waals surface area contributed by atoms with Gasteiger partial charge in [-0.15, -0.1) is 0 Å². The van der Waals surface area contributed by atoms with Crippen molar-refractivity contribution in [3.63, 3.8) is 0 Å². The second-order valence-corrected chi connectivity index (χ2v) is 5.75. The van der Waals surface area contributed by atoms with Crippen LogP contribution < -0.4 is 10.1 Å². The molecule has 0 aromatic heterocycles. The smallest absolute Gasteiger partial charge is 0.118 e. The van der Waals surface area contributed by atoms with Gasteiger partial charge in [-0.2, -0.15) is 0 Å². The molecule has 1 N–H and O–H groups in total. The Kier molecular flexibility index (Phi) is 4.80. The van der Waals surface area contributed by atoms with E-state index >= 15 is 0 Å². The highest BCUT2D eigenvalue weighted by atomic mass is 16.5. The van der Waals surface area contributed by atoms with E-state index < -0.39 is 0 Å². The summed E-state index contributed by atoms with van der Waals surface area (Å²) in [7, 11) is 1.69. The van der Waals surface area contributed by atoms with Gasteiger partial charge in [0.1, 0.15) is 5.75 Å². The molecule has 2 nitrogen and oxygen atoms in total. The minimum atomic E-state index is 0.0600. The molecule has 2 aromatic rings. The third kappa shape index (κ3) is 4.39. The Morgan fingerprint density at radius 2 is 1.55 bits per heavy atom. The van der Waals surface area contributed by atoms with Crippen molar-refractivity contribution in [1.29, 1.82) is 0 Å². The summed E-state index contributed by atoms with van der Waals surface area (Å²) < 4.78 is 5.19. The first-order valence-corrected chi connectivity index (χ1v) is 7.01.